The van der Waals surface area contributed by atoms with Crippen molar-refractivity contribution in [2.24, 2.45) is 0 Å². The fourth-order valence-corrected chi connectivity index (χ4v) is 5.58. The summed E-state index contributed by atoms with van der Waals surface area (Å²) in [4.78, 5) is 31.4. The van der Waals surface area contributed by atoms with Crippen LogP contribution in [0.4, 0.5) is 0 Å². The second-order valence-corrected chi connectivity index (χ2v) is 9.20. The van der Waals surface area contributed by atoms with Gasteiger partial charge >= 0.3 is 0 Å². The monoisotopic (exact) mass is 443 g/mol. The molecule has 0 bridgehead atoms. The number of halogens is 1. The zero-order valence-corrected chi connectivity index (χ0v) is 18.7. The summed E-state index contributed by atoms with van der Waals surface area (Å²) < 4.78 is 0. The normalized spacial score (nSPS) is 20.1. The van der Waals surface area contributed by atoms with Crippen molar-refractivity contribution in [2.75, 3.05) is 45.0 Å². The molecular formula is C23H26ClN3O2S. The molecule has 1 unspecified atom stereocenters. The van der Waals surface area contributed by atoms with Gasteiger partial charge in [0.25, 0.3) is 5.91 Å². The standard InChI is InChI=1S/C23H26ClN3O2S/c1-17-6-2-3-7-18(17)23-27(21(28)16-30-23)15-12-25-10-13-26(14-11-25)22(29)19-8-4-5-9-20(19)24/h2-9,23H,10-16H2,1H3. The summed E-state index contributed by atoms with van der Waals surface area (Å²) in [6, 6.07) is 15.5. The number of thioether (sulfide) groups is 1. The number of amides is 2. The molecule has 2 aromatic rings. The van der Waals surface area contributed by atoms with Gasteiger partial charge in [0, 0.05) is 39.3 Å². The minimum absolute atomic E-state index is 0.00834. The van der Waals surface area contributed by atoms with Crippen molar-refractivity contribution in [1.82, 2.24) is 14.7 Å². The Labute approximate surface area is 187 Å². The molecule has 7 heteroatoms. The van der Waals surface area contributed by atoms with Crippen molar-refractivity contribution < 1.29 is 9.59 Å². The summed E-state index contributed by atoms with van der Waals surface area (Å²) in [6.07, 6.45) is 0. The lowest BCUT2D eigenvalue weighted by Gasteiger charge is -2.36. The first-order chi connectivity index (χ1) is 14.5. The summed E-state index contributed by atoms with van der Waals surface area (Å²) in [5.41, 5.74) is 3.01. The molecule has 30 heavy (non-hydrogen) atoms. The molecule has 2 aromatic carbocycles. The number of carbonyl (C=O) groups excluding carboxylic acids is 2. The average molecular weight is 444 g/mol. The van der Waals surface area contributed by atoms with Gasteiger partial charge in [-0.25, -0.2) is 0 Å². The third-order valence-electron chi connectivity index (χ3n) is 5.84. The van der Waals surface area contributed by atoms with Crippen molar-refractivity contribution in [2.45, 2.75) is 12.3 Å². The molecule has 2 amide bonds. The Bertz CT molecular complexity index is 930. The first kappa shape index (κ1) is 21.2. The molecule has 0 aromatic heterocycles. The maximum atomic E-state index is 12.7. The summed E-state index contributed by atoms with van der Waals surface area (Å²) in [6.45, 7) is 6.60. The fourth-order valence-electron chi connectivity index (χ4n) is 4.05. The van der Waals surface area contributed by atoms with Crippen molar-refractivity contribution in [3.8, 4) is 0 Å². The Morgan fingerprint density at radius 3 is 2.47 bits per heavy atom. The van der Waals surface area contributed by atoms with E-state index in [-0.39, 0.29) is 17.2 Å². The first-order valence-corrected chi connectivity index (χ1v) is 11.7. The molecule has 1 atom stereocenters. The molecule has 2 aliphatic heterocycles. The lowest BCUT2D eigenvalue weighted by Crippen LogP contribution is -2.50. The highest BCUT2D eigenvalue weighted by atomic mass is 35.5. The second kappa shape index (κ2) is 9.41. The maximum absolute atomic E-state index is 12.7. The van der Waals surface area contributed by atoms with Gasteiger partial charge in [-0.2, -0.15) is 0 Å². The van der Waals surface area contributed by atoms with Crippen LogP contribution >= 0.6 is 23.4 Å². The van der Waals surface area contributed by atoms with E-state index >= 15 is 0 Å². The number of rotatable bonds is 5. The molecule has 0 radical (unpaired) electrons. The van der Waals surface area contributed by atoms with E-state index in [1.54, 1.807) is 23.9 Å². The number of carbonyl (C=O) groups is 2. The second-order valence-electron chi connectivity index (χ2n) is 7.72. The molecule has 0 N–H and O–H groups in total. The summed E-state index contributed by atoms with van der Waals surface area (Å²) in [5.74, 6) is 0.742. The Balaban J connectivity index is 1.32. The highest BCUT2D eigenvalue weighted by molar-refractivity contribution is 8.00. The van der Waals surface area contributed by atoms with Crippen LogP contribution < -0.4 is 0 Å². The van der Waals surface area contributed by atoms with Crippen LogP contribution in [0.3, 0.4) is 0 Å². The molecule has 2 heterocycles. The van der Waals surface area contributed by atoms with Gasteiger partial charge in [0.15, 0.2) is 0 Å². The lowest BCUT2D eigenvalue weighted by atomic mass is 10.1. The van der Waals surface area contributed by atoms with Gasteiger partial charge < -0.3 is 9.80 Å². The van der Waals surface area contributed by atoms with E-state index in [0.717, 1.165) is 19.6 Å². The van der Waals surface area contributed by atoms with Crippen LogP contribution in [-0.2, 0) is 4.79 Å². The SMILES string of the molecule is Cc1ccccc1C1SCC(=O)N1CCN1CCN(C(=O)c2ccccc2Cl)CC1. The fraction of sp³-hybridized carbons (Fsp3) is 0.391. The van der Waals surface area contributed by atoms with E-state index in [1.165, 1.54) is 11.1 Å². The zero-order chi connectivity index (χ0) is 21.1. The van der Waals surface area contributed by atoms with Crippen LogP contribution in [0, 0.1) is 6.92 Å². The van der Waals surface area contributed by atoms with Gasteiger partial charge in [0.1, 0.15) is 5.37 Å². The number of hydrogen-bond acceptors (Lipinski definition) is 4. The minimum atomic E-state index is -0.00834. The number of aryl methyl sites for hydroxylation is 1. The van der Waals surface area contributed by atoms with Crippen molar-refractivity contribution in [1.29, 1.82) is 0 Å². The number of benzene rings is 2. The molecule has 4 rings (SSSR count). The Hall–Kier alpha value is -2.02. The Morgan fingerprint density at radius 1 is 1.03 bits per heavy atom. The van der Waals surface area contributed by atoms with E-state index in [4.69, 9.17) is 11.6 Å². The molecule has 0 saturated carbocycles. The van der Waals surface area contributed by atoms with Gasteiger partial charge in [-0.3, -0.25) is 14.5 Å². The molecule has 5 nitrogen and oxygen atoms in total. The van der Waals surface area contributed by atoms with Crippen molar-refractivity contribution >= 4 is 35.2 Å². The van der Waals surface area contributed by atoms with Gasteiger partial charge in [-0.1, -0.05) is 48.0 Å². The number of piperazine rings is 1. The van der Waals surface area contributed by atoms with Gasteiger partial charge in [-0.15, -0.1) is 11.8 Å². The third kappa shape index (κ3) is 4.51. The molecular weight excluding hydrogens is 418 g/mol. The Morgan fingerprint density at radius 2 is 1.73 bits per heavy atom. The van der Waals surface area contributed by atoms with E-state index in [1.807, 2.05) is 34.1 Å². The molecule has 2 fully saturated rings. The predicted molar refractivity (Wildman–Crippen MR) is 122 cm³/mol. The quantitative estimate of drug-likeness (QED) is 0.707. The Kier molecular flexibility index (Phi) is 6.66. The summed E-state index contributed by atoms with van der Waals surface area (Å²) in [7, 11) is 0. The molecule has 2 saturated heterocycles. The van der Waals surface area contributed by atoms with E-state index in [2.05, 4.69) is 24.0 Å². The number of hydrogen-bond donors (Lipinski definition) is 0. The zero-order valence-electron chi connectivity index (χ0n) is 17.1. The molecule has 158 valence electrons. The van der Waals surface area contributed by atoms with Gasteiger partial charge in [-0.05, 0) is 30.2 Å². The van der Waals surface area contributed by atoms with Gasteiger partial charge in [0.05, 0.1) is 16.3 Å². The summed E-state index contributed by atoms with van der Waals surface area (Å²) in [5, 5.41) is 0.596. The topological polar surface area (TPSA) is 43.9 Å². The smallest absolute Gasteiger partial charge is 0.255 e. The van der Waals surface area contributed by atoms with Crippen molar-refractivity contribution in [3.63, 3.8) is 0 Å². The lowest BCUT2D eigenvalue weighted by molar-refractivity contribution is -0.128. The first-order valence-electron chi connectivity index (χ1n) is 10.3. The third-order valence-corrected chi connectivity index (χ3v) is 7.41. The van der Waals surface area contributed by atoms with E-state index in [0.29, 0.717) is 36.0 Å². The minimum Gasteiger partial charge on any atom is -0.336 e. The van der Waals surface area contributed by atoms with Gasteiger partial charge in [0.2, 0.25) is 5.91 Å². The average Bonchev–Trinajstić information content (AvgIpc) is 3.13. The highest BCUT2D eigenvalue weighted by Crippen LogP contribution is 2.39. The van der Waals surface area contributed by atoms with Crippen LogP contribution in [0.15, 0.2) is 48.5 Å². The molecule has 2 aliphatic rings. The number of nitrogens with zero attached hydrogens (tertiary/aromatic N) is 3. The van der Waals surface area contributed by atoms with Crippen LogP contribution in [0.2, 0.25) is 5.02 Å². The van der Waals surface area contributed by atoms with Crippen LogP contribution in [-0.4, -0.2) is 71.5 Å². The molecule has 0 aliphatic carbocycles. The maximum Gasteiger partial charge on any atom is 0.255 e. The largest absolute Gasteiger partial charge is 0.336 e. The van der Waals surface area contributed by atoms with E-state index < -0.39 is 0 Å². The summed E-state index contributed by atoms with van der Waals surface area (Å²) >= 11 is 7.89. The van der Waals surface area contributed by atoms with Crippen LogP contribution in [0.5, 0.6) is 0 Å². The molecule has 0 spiro atoms. The van der Waals surface area contributed by atoms with Crippen LogP contribution in [0.25, 0.3) is 0 Å². The highest BCUT2D eigenvalue weighted by Gasteiger charge is 2.34. The predicted octanol–water partition coefficient (Wildman–Crippen LogP) is 3.68. The van der Waals surface area contributed by atoms with Crippen LogP contribution in [0.1, 0.15) is 26.9 Å². The van der Waals surface area contributed by atoms with Crippen molar-refractivity contribution in [3.05, 3.63) is 70.2 Å². The van der Waals surface area contributed by atoms with E-state index in [9.17, 15) is 9.59 Å².